The van der Waals surface area contributed by atoms with E-state index in [4.69, 9.17) is 16.3 Å². The van der Waals surface area contributed by atoms with Crippen LogP contribution >= 0.6 is 11.6 Å². The van der Waals surface area contributed by atoms with Crippen molar-refractivity contribution in [3.8, 4) is 0 Å². The number of anilines is 1. The zero-order valence-corrected chi connectivity index (χ0v) is 18.1. The van der Waals surface area contributed by atoms with E-state index in [1.54, 1.807) is 24.3 Å². The minimum absolute atomic E-state index is 0.0156. The molecule has 3 amide bonds. The van der Waals surface area contributed by atoms with Crippen LogP contribution in [0.2, 0.25) is 5.02 Å². The Morgan fingerprint density at radius 1 is 1.16 bits per heavy atom. The molecule has 2 rings (SSSR count). The van der Waals surface area contributed by atoms with Gasteiger partial charge in [0.05, 0.1) is 22.7 Å². The molecule has 164 valence electrons. The van der Waals surface area contributed by atoms with Crippen LogP contribution in [-0.2, 0) is 19.6 Å². The van der Waals surface area contributed by atoms with Gasteiger partial charge >= 0.3 is 12.0 Å². The maximum atomic E-state index is 13.2. The molecular formula is C20H20ClN3O6S. The Hall–Kier alpha value is -3.37. The molecule has 11 heteroatoms. The summed E-state index contributed by atoms with van der Waals surface area (Å²) in [5.41, 5.74) is 0.284. The molecule has 0 aliphatic heterocycles. The number of benzene rings is 2. The van der Waals surface area contributed by atoms with E-state index in [2.05, 4.69) is 11.9 Å². The van der Waals surface area contributed by atoms with Crippen molar-refractivity contribution in [1.29, 1.82) is 0 Å². The fraction of sp³-hybridized carbons (Fsp3) is 0.150. The van der Waals surface area contributed by atoms with Gasteiger partial charge in [-0.05, 0) is 42.5 Å². The molecule has 0 heterocycles. The highest BCUT2D eigenvalue weighted by molar-refractivity contribution is 7.92. The summed E-state index contributed by atoms with van der Waals surface area (Å²) in [5.74, 6) is -1.76. The molecule has 31 heavy (non-hydrogen) atoms. The van der Waals surface area contributed by atoms with Gasteiger partial charge in [0.1, 0.15) is 0 Å². The Labute approximate surface area is 184 Å². The molecule has 2 aromatic carbocycles. The summed E-state index contributed by atoms with van der Waals surface area (Å²) in [7, 11) is -2.74. The Bertz CT molecular complexity index is 1090. The van der Waals surface area contributed by atoms with Crippen LogP contribution in [0, 0.1) is 0 Å². The summed E-state index contributed by atoms with van der Waals surface area (Å²) in [5, 5.41) is 4.56. The van der Waals surface area contributed by atoms with Gasteiger partial charge in [0.2, 0.25) is 0 Å². The smallest absolute Gasteiger partial charge is 0.338 e. The Morgan fingerprint density at radius 2 is 1.84 bits per heavy atom. The van der Waals surface area contributed by atoms with Gasteiger partial charge < -0.3 is 10.1 Å². The molecule has 0 saturated heterocycles. The van der Waals surface area contributed by atoms with Crippen LogP contribution in [0.15, 0.2) is 66.1 Å². The van der Waals surface area contributed by atoms with Crippen LogP contribution in [0.4, 0.5) is 10.5 Å². The third kappa shape index (κ3) is 6.30. The third-order valence-electron chi connectivity index (χ3n) is 3.88. The lowest BCUT2D eigenvalue weighted by Crippen LogP contribution is -2.39. The number of urea groups is 1. The number of halogens is 1. The van der Waals surface area contributed by atoms with Crippen LogP contribution in [0.1, 0.15) is 10.4 Å². The largest absolute Gasteiger partial charge is 0.452 e. The number of rotatable bonds is 8. The fourth-order valence-electron chi connectivity index (χ4n) is 2.42. The number of esters is 1. The highest BCUT2D eigenvalue weighted by atomic mass is 35.5. The second kappa shape index (κ2) is 10.6. The molecule has 2 aromatic rings. The van der Waals surface area contributed by atoms with Gasteiger partial charge in [0, 0.05) is 12.1 Å². The van der Waals surface area contributed by atoms with Crippen molar-refractivity contribution < 1.29 is 27.5 Å². The third-order valence-corrected chi connectivity index (χ3v) is 5.92. The van der Waals surface area contributed by atoms with Crippen LogP contribution in [0.3, 0.4) is 0 Å². The quantitative estimate of drug-likeness (QED) is 0.455. The molecular weight excluding hydrogens is 446 g/mol. The summed E-state index contributed by atoms with van der Waals surface area (Å²) in [6, 6.07) is 10.6. The maximum Gasteiger partial charge on any atom is 0.338 e. The molecule has 0 aromatic heterocycles. The Balaban J connectivity index is 2.24. The summed E-state index contributed by atoms with van der Waals surface area (Å²) < 4.78 is 32.3. The average molecular weight is 466 g/mol. The lowest BCUT2D eigenvalue weighted by Gasteiger charge is -2.23. The predicted octanol–water partition coefficient (Wildman–Crippen LogP) is 2.33. The zero-order chi connectivity index (χ0) is 23.0. The zero-order valence-electron chi connectivity index (χ0n) is 16.5. The van der Waals surface area contributed by atoms with E-state index < -0.39 is 34.5 Å². The number of nitrogens with zero attached hydrogens (tertiary/aromatic N) is 1. The first-order valence-corrected chi connectivity index (χ1v) is 10.7. The van der Waals surface area contributed by atoms with E-state index >= 15 is 0 Å². The molecule has 0 aliphatic carbocycles. The second-order valence-corrected chi connectivity index (χ2v) is 8.33. The van der Waals surface area contributed by atoms with Gasteiger partial charge in [0.15, 0.2) is 6.61 Å². The van der Waals surface area contributed by atoms with Gasteiger partial charge in [-0.15, -0.1) is 6.58 Å². The molecule has 0 atom stereocenters. The lowest BCUT2D eigenvalue weighted by atomic mass is 10.2. The molecule has 0 unspecified atom stereocenters. The van der Waals surface area contributed by atoms with E-state index in [9.17, 15) is 22.8 Å². The van der Waals surface area contributed by atoms with E-state index in [0.29, 0.717) is 10.7 Å². The van der Waals surface area contributed by atoms with E-state index in [1.165, 1.54) is 31.3 Å². The van der Waals surface area contributed by atoms with Crippen molar-refractivity contribution in [2.45, 2.75) is 4.90 Å². The minimum atomic E-state index is -4.06. The molecule has 2 N–H and O–H groups in total. The molecule has 0 aliphatic rings. The SMILES string of the molecule is C=CCN(c1ccc(Cl)cc1)S(=O)(=O)c1cccc(C(=O)OCC(=O)NC(=O)NC)c1. The number of imide groups is 1. The topological polar surface area (TPSA) is 122 Å². The summed E-state index contributed by atoms with van der Waals surface area (Å²) in [4.78, 5) is 34.7. The van der Waals surface area contributed by atoms with Gasteiger partial charge in [-0.1, -0.05) is 23.7 Å². The molecule has 0 bridgehead atoms. The highest BCUT2D eigenvalue weighted by Gasteiger charge is 2.25. The van der Waals surface area contributed by atoms with Gasteiger partial charge in [-0.2, -0.15) is 0 Å². The number of hydrogen-bond donors (Lipinski definition) is 2. The van der Waals surface area contributed by atoms with Crippen LogP contribution in [0.25, 0.3) is 0 Å². The standard InChI is InChI=1S/C20H20ClN3O6S/c1-3-11-24(16-9-7-15(21)8-10-16)31(28,29)17-6-4-5-14(12-17)19(26)30-13-18(25)23-20(27)22-2/h3-10,12H,1,11,13H2,2H3,(H2,22,23,25,27). The monoisotopic (exact) mass is 465 g/mol. The predicted molar refractivity (Wildman–Crippen MR) is 116 cm³/mol. The molecule has 0 fully saturated rings. The molecule has 0 saturated carbocycles. The first-order chi connectivity index (χ1) is 14.7. The Kier molecular flexibility index (Phi) is 8.17. The molecule has 0 radical (unpaired) electrons. The first-order valence-electron chi connectivity index (χ1n) is 8.87. The van der Waals surface area contributed by atoms with Gasteiger partial charge in [-0.3, -0.25) is 14.4 Å². The lowest BCUT2D eigenvalue weighted by molar-refractivity contribution is -0.123. The summed E-state index contributed by atoms with van der Waals surface area (Å²) in [6.07, 6.45) is 1.43. The van der Waals surface area contributed by atoms with Crippen molar-refractivity contribution in [1.82, 2.24) is 10.6 Å². The van der Waals surface area contributed by atoms with Crippen LogP contribution in [0.5, 0.6) is 0 Å². The maximum absolute atomic E-state index is 13.2. The van der Waals surface area contributed by atoms with Crippen molar-refractivity contribution in [2.75, 3.05) is 24.5 Å². The second-order valence-electron chi connectivity index (χ2n) is 6.03. The van der Waals surface area contributed by atoms with E-state index in [-0.39, 0.29) is 17.0 Å². The van der Waals surface area contributed by atoms with E-state index in [1.807, 2.05) is 5.32 Å². The van der Waals surface area contributed by atoms with Crippen molar-refractivity contribution in [3.05, 3.63) is 71.8 Å². The first kappa shape index (κ1) is 23.9. The number of sulfonamides is 1. The minimum Gasteiger partial charge on any atom is -0.452 e. The highest BCUT2D eigenvalue weighted by Crippen LogP contribution is 2.25. The van der Waals surface area contributed by atoms with Crippen LogP contribution < -0.4 is 14.9 Å². The number of nitrogens with one attached hydrogen (secondary N) is 2. The molecule has 9 nitrogen and oxygen atoms in total. The summed E-state index contributed by atoms with van der Waals surface area (Å²) >= 11 is 5.88. The van der Waals surface area contributed by atoms with E-state index in [0.717, 1.165) is 10.4 Å². The average Bonchev–Trinajstić information content (AvgIpc) is 2.76. The number of hydrogen-bond acceptors (Lipinski definition) is 6. The fourth-order valence-corrected chi connectivity index (χ4v) is 4.03. The van der Waals surface area contributed by atoms with Crippen LogP contribution in [-0.4, -0.2) is 46.5 Å². The van der Waals surface area contributed by atoms with Crippen molar-refractivity contribution in [2.24, 2.45) is 0 Å². The Morgan fingerprint density at radius 3 is 2.45 bits per heavy atom. The summed E-state index contributed by atoms with van der Waals surface area (Å²) in [6.45, 7) is 2.86. The number of carbonyl (C=O) groups excluding carboxylic acids is 3. The van der Waals surface area contributed by atoms with Gasteiger partial charge in [-0.25, -0.2) is 18.0 Å². The van der Waals surface area contributed by atoms with Crippen molar-refractivity contribution in [3.63, 3.8) is 0 Å². The normalized spacial score (nSPS) is 10.6. The van der Waals surface area contributed by atoms with Gasteiger partial charge in [0.25, 0.3) is 15.9 Å². The number of amides is 3. The van der Waals surface area contributed by atoms with Crippen molar-refractivity contribution >= 4 is 45.2 Å². The molecule has 0 spiro atoms. The number of ether oxygens (including phenoxy) is 1. The number of carbonyl (C=O) groups is 3.